The summed E-state index contributed by atoms with van der Waals surface area (Å²) < 4.78 is 23.5. The van der Waals surface area contributed by atoms with E-state index >= 15 is 0 Å². The van der Waals surface area contributed by atoms with E-state index in [2.05, 4.69) is 0 Å². The molecule has 88 valence electrons. The van der Waals surface area contributed by atoms with E-state index in [0.717, 1.165) is 5.56 Å². The standard InChI is InChI=1S/C13H13NO2S/c1-17(15,16)13-11(8-5-9-12(13)14)10-6-3-2-4-7-10/h2-9H,14H2,1H3. The van der Waals surface area contributed by atoms with Gasteiger partial charge in [0, 0.05) is 11.8 Å². The first-order chi connectivity index (χ1) is 8.00. The number of nitrogen functional groups attached to an aromatic ring is 1. The van der Waals surface area contributed by atoms with Gasteiger partial charge in [0.25, 0.3) is 0 Å². The molecule has 2 aromatic rings. The van der Waals surface area contributed by atoms with Gasteiger partial charge in [-0.1, -0.05) is 42.5 Å². The summed E-state index contributed by atoms with van der Waals surface area (Å²) in [5, 5.41) is 0. The minimum Gasteiger partial charge on any atom is -0.398 e. The van der Waals surface area contributed by atoms with Crippen LogP contribution in [0.4, 0.5) is 5.69 Å². The van der Waals surface area contributed by atoms with E-state index in [1.807, 2.05) is 30.3 Å². The molecule has 0 aliphatic rings. The second-order valence-corrected chi connectivity index (χ2v) is 5.81. The van der Waals surface area contributed by atoms with Crippen molar-refractivity contribution in [2.24, 2.45) is 0 Å². The second kappa shape index (κ2) is 4.22. The molecule has 0 aromatic heterocycles. The molecule has 0 fully saturated rings. The molecule has 0 bridgehead atoms. The van der Waals surface area contributed by atoms with E-state index < -0.39 is 9.84 Å². The number of hydrogen-bond acceptors (Lipinski definition) is 3. The fraction of sp³-hybridized carbons (Fsp3) is 0.0769. The molecule has 4 heteroatoms. The normalized spacial score (nSPS) is 11.4. The number of hydrogen-bond donors (Lipinski definition) is 1. The third-order valence-electron chi connectivity index (χ3n) is 2.50. The van der Waals surface area contributed by atoms with Crippen LogP contribution in [0.2, 0.25) is 0 Å². The highest BCUT2D eigenvalue weighted by Gasteiger charge is 2.17. The summed E-state index contributed by atoms with van der Waals surface area (Å²) in [6.07, 6.45) is 1.17. The van der Waals surface area contributed by atoms with Gasteiger partial charge in [0.05, 0.1) is 10.6 Å². The second-order valence-electron chi connectivity index (χ2n) is 3.86. The molecule has 0 aliphatic carbocycles. The summed E-state index contributed by atoms with van der Waals surface area (Å²) in [4.78, 5) is 0.200. The highest BCUT2D eigenvalue weighted by Crippen LogP contribution is 2.31. The van der Waals surface area contributed by atoms with E-state index in [4.69, 9.17) is 5.73 Å². The molecule has 0 aliphatic heterocycles. The zero-order valence-electron chi connectivity index (χ0n) is 9.42. The van der Waals surface area contributed by atoms with E-state index in [1.165, 1.54) is 6.26 Å². The Kier molecular flexibility index (Phi) is 2.90. The summed E-state index contributed by atoms with van der Waals surface area (Å²) in [6.45, 7) is 0. The van der Waals surface area contributed by atoms with Gasteiger partial charge in [0.1, 0.15) is 0 Å². The first-order valence-electron chi connectivity index (χ1n) is 5.14. The monoisotopic (exact) mass is 247 g/mol. The molecule has 0 heterocycles. The summed E-state index contributed by atoms with van der Waals surface area (Å²) in [7, 11) is -3.34. The Morgan fingerprint density at radius 2 is 1.59 bits per heavy atom. The quantitative estimate of drug-likeness (QED) is 0.829. The van der Waals surface area contributed by atoms with Crippen molar-refractivity contribution >= 4 is 15.5 Å². The molecule has 0 unspecified atom stereocenters. The zero-order valence-corrected chi connectivity index (χ0v) is 10.2. The van der Waals surface area contributed by atoms with Gasteiger partial charge in [-0.25, -0.2) is 8.42 Å². The van der Waals surface area contributed by atoms with Gasteiger partial charge in [-0.05, 0) is 11.6 Å². The van der Waals surface area contributed by atoms with Crippen LogP contribution in [0.5, 0.6) is 0 Å². The Morgan fingerprint density at radius 3 is 2.18 bits per heavy atom. The van der Waals surface area contributed by atoms with Gasteiger partial charge in [-0.2, -0.15) is 0 Å². The smallest absolute Gasteiger partial charge is 0.178 e. The molecule has 0 spiro atoms. The number of anilines is 1. The average molecular weight is 247 g/mol. The third-order valence-corrected chi connectivity index (χ3v) is 3.70. The molecule has 2 rings (SSSR count). The van der Waals surface area contributed by atoms with E-state index in [-0.39, 0.29) is 10.6 Å². The summed E-state index contributed by atoms with van der Waals surface area (Å²) in [5.41, 5.74) is 7.55. The van der Waals surface area contributed by atoms with Crippen molar-refractivity contribution < 1.29 is 8.42 Å². The molecule has 0 atom stereocenters. The summed E-state index contributed by atoms with van der Waals surface area (Å²) >= 11 is 0. The Morgan fingerprint density at radius 1 is 0.941 bits per heavy atom. The number of nitrogens with two attached hydrogens (primary N) is 1. The highest BCUT2D eigenvalue weighted by atomic mass is 32.2. The minimum absolute atomic E-state index is 0.200. The highest BCUT2D eigenvalue weighted by molar-refractivity contribution is 7.91. The van der Waals surface area contributed by atoms with Crippen LogP contribution in [-0.4, -0.2) is 14.7 Å². The third kappa shape index (κ3) is 2.31. The number of sulfone groups is 1. The lowest BCUT2D eigenvalue weighted by Crippen LogP contribution is -2.04. The van der Waals surface area contributed by atoms with Gasteiger partial charge >= 0.3 is 0 Å². The molecule has 0 saturated heterocycles. The van der Waals surface area contributed by atoms with Crippen LogP contribution in [0, 0.1) is 0 Å². The summed E-state index contributed by atoms with van der Waals surface area (Å²) in [6, 6.07) is 14.5. The molecule has 0 radical (unpaired) electrons. The maximum atomic E-state index is 11.8. The van der Waals surface area contributed by atoms with E-state index in [9.17, 15) is 8.42 Å². The van der Waals surface area contributed by atoms with Crippen molar-refractivity contribution in [2.75, 3.05) is 12.0 Å². The van der Waals surface area contributed by atoms with Crippen molar-refractivity contribution in [2.45, 2.75) is 4.90 Å². The lowest BCUT2D eigenvalue weighted by molar-refractivity contribution is 0.602. The molecule has 2 N–H and O–H groups in total. The van der Waals surface area contributed by atoms with Crippen LogP contribution >= 0.6 is 0 Å². The van der Waals surface area contributed by atoms with Crippen LogP contribution in [0.3, 0.4) is 0 Å². The zero-order chi connectivity index (χ0) is 12.5. The van der Waals surface area contributed by atoms with E-state index in [0.29, 0.717) is 5.56 Å². The van der Waals surface area contributed by atoms with Gasteiger partial charge in [0.15, 0.2) is 9.84 Å². The Labute approximate surface area is 101 Å². The lowest BCUT2D eigenvalue weighted by atomic mass is 10.1. The molecule has 0 amide bonds. The maximum Gasteiger partial charge on any atom is 0.178 e. The van der Waals surface area contributed by atoms with Crippen LogP contribution in [0.15, 0.2) is 53.4 Å². The van der Waals surface area contributed by atoms with Crippen molar-refractivity contribution in [3.05, 3.63) is 48.5 Å². The van der Waals surface area contributed by atoms with Gasteiger partial charge in [-0.3, -0.25) is 0 Å². The van der Waals surface area contributed by atoms with Crippen molar-refractivity contribution in [3.63, 3.8) is 0 Å². The van der Waals surface area contributed by atoms with Crippen LogP contribution < -0.4 is 5.73 Å². The van der Waals surface area contributed by atoms with Crippen LogP contribution in [0.1, 0.15) is 0 Å². The predicted molar refractivity (Wildman–Crippen MR) is 69.4 cm³/mol. The first kappa shape index (κ1) is 11.7. The molecule has 3 nitrogen and oxygen atoms in total. The topological polar surface area (TPSA) is 60.2 Å². The molecular weight excluding hydrogens is 234 g/mol. The Balaban J connectivity index is 2.76. The summed E-state index contributed by atoms with van der Waals surface area (Å²) in [5.74, 6) is 0. The van der Waals surface area contributed by atoms with E-state index in [1.54, 1.807) is 18.2 Å². The fourth-order valence-electron chi connectivity index (χ4n) is 1.81. The molecule has 0 saturated carbocycles. The minimum atomic E-state index is -3.34. The van der Waals surface area contributed by atoms with Crippen LogP contribution in [-0.2, 0) is 9.84 Å². The average Bonchev–Trinajstić information content (AvgIpc) is 2.28. The molecule has 17 heavy (non-hydrogen) atoms. The first-order valence-corrected chi connectivity index (χ1v) is 7.03. The number of rotatable bonds is 2. The molecule has 2 aromatic carbocycles. The lowest BCUT2D eigenvalue weighted by Gasteiger charge is -2.10. The van der Waals surface area contributed by atoms with Gasteiger partial charge in [-0.15, -0.1) is 0 Å². The fourth-order valence-corrected chi connectivity index (χ4v) is 2.90. The molecular formula is C13H13NO2S. The van der Waals surface area contributed by atoms with Gasteiger partial charge < -0.3 is 5.73 Å². The predicted octanol–water partition coefficient (Wildman–Crippen LogP) is 2.34. The Hall–Kier alpha value is -1.81. The maximum absolute atomic E-state index is 11.8. The SMILES string of the molecule is CS(=O)(=O)c1c(N)cccc1-c1ccccc1. The van der Waals surface area contributed by atoms with Crippen LogP contribution in [0.25, 0.3) is 11.1 Å². The number of benzene rings is 2. The van der Waals surface area contributed by atoms with Crippen molar-refractivity contribution in [3.8, 4) is 11.1 Å². The van der Waals surface area contributed by atoms with Crippen molar-refractivity contribution in [1.82, 2.24) is 0 Å². The largest absolute Gasteiger partial charge is 0.398 e. The van der Waals surface area contributed by atoms with Crippen molar-refractivity contribution in [1.29, 1.82) is 0 Å². The van der Waals surface area contributed by atoms with Gasteiger partial charge in [0.2, 0.25) is 0 Å². The Bertz CT molecular complexity index is 634.